The van der Waals surface area contributed by atoms with Crippen LogP contribution < -0.4 is 4.74 Å². The minimum Gasteiger partial charge on any atom is -0.494 e. The molecule has 0 aliphatic rings. The number of esters is 1. The highest BCUT2D eigenvalue weighted by Gasteiger charge is 2.06. The Morgan fingerprint density at radius 1 is 0.846 bits per heavy atom. The quantitative estimate of drug-likeness (QED) is 0.341. The lowest BCUT2D eigenvalue weighted by Gasteiger charge is -2.08. The fraction of sp³-hybridized carbons (Fsp3) is 0.619. The first kappa shape index (κ1) is 22.0. The Hall–Kier alpha value is -2.04. The van der Waals surface area contributed by atoms with Crippen LogP contribution in [0.25, 0.3) is 0 Å². The lowest BCUT2D eigenvalue weighted by atomic mass is 10.1. The minimum absolute atomic E-state index is 0.281. The Bertz CT molecular complexity index is 510. The van der Waals surface area contributed by atoms with E-state index in [1.807, 2.05) is 0 Å². The molecule has 0 saturated carbocycles. The van der Waals surface area contributed by atoms with Gasteiger partial charge in [0.05, 0.1) is 18.8 Å². The second kappa shape index (κ2) is 14.2. The molecular weight excluding hydrogens is 332 g/mol. The number of benzene rings is 1. The van der Waals surface area contributed by atoms with Crippen LogP contribution in [0.1, 0.15) is 81.5 Å². The molecule has 1 aromatic carbocycles. The van der Waals surface area contributed by atoms with Crippen molar-refractivity contribution in [2.45, 2.75) is 71.1 Å². The Balaban J connectivity index is 2.05. The Kier molecular flexibility index (Phi) is 12.0. The monoisotopic (exact) mass is 364 g/mol. The molecule has 1 aromatic rings. The average Bonchev–Trinajstić information content (AvgIpc) is 2.63. The summed E-state index contributed by atoms with van der Waals surface area (Å²) in [5, 5.41) is 8.56. The van der Waals surface area contributed by atoms with Crippen molar-refractivity contribution in [3.05, 3.63) is 29.8 Å². The molecule has 0 heterocycles. The first-order valence-corrected chi connectivity index (χ1v) is 9.75. The molecule has 0 bridgehead atoms. The molecule has 146 valence electrons. The Labute approximate surface area is 156 Å². The van der Waals surface area contributed by atoms with Crippen LogP contribution in [0.5, 0.6) is 5.75 Å². The van der Waals surface area contributed by atoms with E-state index in [1.54, 1.807) is 24.3 Å². The van der Waals surface area contributed by atoms with Crippen molar-refractivity contribution >= 4 is 11.9 Å². The van der Waals surface area contributed by atoms with Gasteiger partial charge in [-0.15, -0.1) is 0 Å². The van der Waals surface area contributed by atoms with Crippen molar-refractivity contribution in [3.63, 3.8) is 0 Å². The summed E-state index contributed by atoms with van der Waals surface area (Å²) in [5.41, 5.74) is 0.552. The average molecular weight is 364 g/mol. The van der Waals surface area contributed by atoms with Gasteiger partial charge in [-0.05, 0) is 43.5 Å². The highest BCUT2D eigenvalue weighted by Crippen LogP contribution is 2.14. The Morgan fingerprint density at radius 2 is 1.46 bits per heavy atom. The fourth-order valence-corrected chi connectivity index (χ4v) is 2.53. The fourth-order valence-electron chi connectivity index (χ4n) is 2.53. The minimum atomic E-state index is -0.705. The Morgan fingerprint density at radius 3 is 2.08 bits per heavy atom. The maximum absolute atomic E-state index is 11.8. The maximum Gasteiger partial charge on any atom is 0.338 e. The number of carboxylic acid groups (broad SMARTS) is 1. The first-order valence-electron chi connectivity index (χ1n) is 9.75. The number of ether oxygens (including phenoxy) is 2. The number of hydrogen-bond acceptors (Lipinski definition) is 4. The second-order valence-electron chi connectivity index (χ2n) is 6.48. The van der Waals surface area contributed by atoms with Crippen LogP contribution in [0.4, 0.5) is 0 Å². The first-order chi connectivity index (χ1) is 12.6. The van der Waals surface area contributed by atoms with Gasteiger partial charge in [-0.1, -0.05) is 45.4 Å². The third-order valence-corrected chi connectivity index (χ3v) is 4.12. The SMILES string of the molecule is CCCCOC(=O)c1ccc(OCCCCCCCCCC(=O)O)cc1. The summed E-state index contributed by atoms with van der Waals surface area (Å²) < 4.78 is 10.9. The molecule has 0 radical (unpaired) electrons. The lowest BCUT2D eigenvalue weighted by molar-refractivity contribution is -0.137. The molecule has 0 aliphatic carbocycles. The van der Waals surface area contributed by atoms with Gasteiger partial charge in [0.1, 0.15) is 5.75 Å². The molecule has 1 rings (SSSR count). The van der Waals surface area contributed by atoms with E-state index in [0.717, 1.165) is 63.5 Å². The maximum atomic E-state index is 11.8. The summed E-state index contributed by atoms with van der Waals surface area (Å²) in [5.74, 6) is -0.222. The van der Waals surface area contributed by atoms with Crippen LogP contribution in [-0.2, 0) is 9.53 Å². The standard InChI is InChI=1S/C21H32O5/c1-2-3-16-26-21(24)18-12-14-19(15-13-18)25-17-10-8-6-4-5-7-9-11-20(22)23/h12-15H,2-11,16-17H2,1H3,(H,22,23). The smallest absolute Gasteiger partial charge is 0.338 e. The van der Waals surface area contributed by atoms with E-state index in [0.29, 0.717) is 18.8 Å². The van der Waals surface area contributed by atoms with Gasteiger partial charge in [0.15, 0.2) is 0 Å². The molecule has 5 heteroatoms. The van der Waals surface area contributed by atoms with E-state index in [9.17, 15) is 9.59 Å². The van der Waals surface area contributed by atoms with E-state index >= 15 is 0 Å². The summed E-state index contributed by atoms with van der Waals surface area (Å²) >= 11 is 0. The number of carbonyl (C=O) groups is 2. The zero-order valence-corrected chi connectivity index (χ0v) is 15.9. The third kappa shape index (κ3) is 10.7. The highest BCUT2D eigenvalue weighted by molar-refractivity contribution is 5.89. The molecule has 0 unspecified atom stereocenters. The number of rotatable bonds is 15. The zero-order chi connectivity index (χ0) is 19.0. The van der Waals surface area contributed by atoms with Crippen LogP contribution in [-0.4, -0.2) is 30.3 Å². The van der Waals surface area contributed by atoms with Crippen molar-refractivity contribution in [3.8, 4) is 5.75 Å². The molecule has 0 spiro atoms. The van der Waals surface area contributed by atoms with Crippen molar-refractivity contribution in [2.24, 2.45) is 0 Å². The molecule has 0 saturated heterocycles. The van der Waals surface area contributed by atoms with Gasteiger partial charge >= 0.3 is 11.9 Å². The predicted molar refractivity (Wildman–Crippen MR) is 102 cm³/mol. The highest BCUT2D eigenvalue weighted by atomic mass is 16.5. The van der Waals surface area contributed by atoms with E-state index in [-0.39, 0.29) is 12.4 Å². The van der Waals surface area contributed by atoms with Crippen molar-refractivity contribution in [2.75, 3.05) is 13.2 Å². The van der Waals surface area contributed by atoms with Crippen LogP contribution in [0.3, 0.4) is 0 Å². The van der Waals surface area contributed by atoms with Gasteiger partial charge in [0, 0.05) is 6.42 Å². The number of unbranched alkanes of at least 4 members (excludes halogenated alkanes) is 7. The second-order valence-corrected chi connectivity index (χ2v) is 6.48. The molecule has 0 aromatic heterocycles. The van der Waals surface area contributed by atoms with Gasteiger partial charge in [0.25, 0.3) is 0 Å². The normalized spacial score (nSPS) is 10.5. The lowest BCUT2D eigenvalue weighted by Crippen LogP contribution is -2.06. The topological polar surface area (TPSA) is 72.8 Å². The molecule has 1 N–H and O–H groups in total. The number of hydrogen-bond donors (Lipinski definition) is 1. The number of aliphatic carboxylic acids is 1. The van der Waals surface area contributed by atoms with E-state index in [2.05, 4.69) is 6.92 Å². The largest absolute Gasteiger partial charge is 0.494 e. The number of carbonyl (C=O) groups excluding carboxylic acids is 1. The zero-order valence-electron chi connectivity index (χ0n) is 15.9. The van der Waals surface area contributed by atoms with E-state index in [1.165, 1.54) is 0 Å². The predicted octanol–water partition coefficient (Wildman–Crippen LogP) is 5.23. The van der Waals surface area contributed by atoms with Crippen LogP contribution in [0.2, 0.25) is 0 Å². The summed E-state index contributed by atoms with van der Waals surface area (Å²) in [4.78, 5) is 22.2. The van der Waals surface area contributed by atoms with Gasteiger partial charge in [-0.25, -0.2) is 4.79 Å². The molecule has 5 nitrogen and oxygen atoms in total. The molecule has 0 atom stereocenters. The molecular formula is C21H32O5. The molecule has 0 aliphatic heterocycles. The summed E-state index contributed by atoms with van der Waals surface area (Å²) in [6, 6.07) is 7.08. The van der Waals surface area contributed by atoms with E-state index < -0.39 is 5.97 Å². The van der Waals surface area contributed by atoms with Crippen LogP contribution in [0, 0.1) is 0 Å². The number of carboxylic acids is 1. The van der Waals surface area contributed by atoms with Gasteiger partial charge in [0.2, 0.25) is 0 Å². The molecule has 26 heavy (non-hydrogen) atoms. The van der Waals surface area contributed by atoms with E-state index in [4.69, 9.17) is 14.6 Å². The van der Waals surface area contributed by atoms with Crippen LogP contribution in [0.15, 0.2) is 24.3 Å². The van der Waals surface area contributed by atoms with Gasteiger partial charge in [-0.2, -0.15) is 0 Å². The summed E-state index contributed by atoms with van der Waals surface area (Å²) in [7, 11) is 0. The molecule has 0 fully saturated rings. The van der Waals surface area contributed by atoms with Crippen molar-refractivity contribution < 1.29 is 24.2 Å². The van der Waals surface area contributed by atoms with Gasteiger partial charge in [-0.3, -0.25) is 4.79 Å². The van der Waals surface area contributed by atoms with Crippen LogP contribution >= 0.6 is 0 Å². The van der Waals surface area contributed by atoms with Crippen molar-refractivity contribution in [1.82, 2.24) is 0 Å². The molecule has 0 amide bonds. The third-order valence-electron chi connectivity index (χ3n) is 4.12. The van der Waals surface area contributed by atoms with Gasteiger partial charge < -0.3 is 14.6 Å². The summed E-state index contributed by atoms with van der Waals surface area (Å²) in [6.07, 6.45) is 9.45. The van der Waals surface area contributed by atoms with Crippen molar-refractivity contribution in [1.29, 1.82) is 0 Å². The summed E-state index contributed by atoms with van der Waals surface area (Å²) in [6.45, 7) is 3.19.